The number of hydrogen-bond donors (Lipinski definition) is 1. The average Bonchev–Trinajstić information content (AvgIpc) is 2.77. The second-order valence-electron chi connectivity index (χ2n) is 3.97. The van der Waals surface area contributed by atoms with Crippen LogP contribution >= 0.6 is 11.8 Å². The van der Waals surface area contributed by atoms with E-state index in [4.69, 9.17) is 4.42 Å². The fourth-order valence-electron chi connectivity index (χ4n) is 1.56. The molecule has 0 saturated carbocycles. The van der Waals surface area contributed by atoms with Crippen LogP contribution in [0.15, 0.2) is 38.8 Å². The van der Waals surface area contributed by atoms with Crippen molar-refractivity contribution in [1.29, 1.82) is 0 Å². The molecule has 0 unspecified atom stereocenters. The normalized spacial score (nSPS) is 10.8. The first-order valence-corrected chi connectivity index (χ1v) is 6.88. The summed E-state index contributed by atoms with van der Waals surface area (Å²) in [6, 6.07) is 8.27. The highest BCUT2D eigenvalue weighted by molar-refractivity contribution is 7.99. The van der Waals surface area contributed by atoms with E-state index in [1.807, 2.05) is 12.1 Å². The summed E-state index contributed by atoms with van der Waals surface area (Å²) in [5, 5.41) is 11.8. The number of rotatable bonds is 6. The molecule has 2 rings (SSSR count). The summed E-state index contributed by atoms with van der Waals surface area (Å²) >= 11 is 1.51. The van der Waals surface area contributed by atoms with Crippen molar-refractivity contribution >= 4 is 11.8 Å². The van der Waals surface area contributed by atoms with Gasteiger partial charge in [0.2, 0.25) is 5.89 Å². The summed E-state index contributed by atoms with van der Waals surface area (Å²) in [5.74, 6) is 0.596. The van der Waals surface area contributed by atoms with Gasteiger partial charge in [0, 0.05) is 18.4 Å². The number of nitrogens with zero attached hydrogens (tertiary/aromatic N) is 2. The van der Waals surface area contributed by atoms with Crippen LogP contribution in [0.25, 0.3) is 0 Å². The van der Waals surface area contributed by atoms with E-state index >= 15 is 0 Å². The van der Waals surface area contributed by atoms with Crippen molar-refractivity contribution in [2.24, 2.45) is 0 Å². The van der Waals surface area contributed by atoms with Gasteiger partial charge in [-0.15, -0.1) is 10.2 Å². The molecule has 1 heterocycles. The molecule has 1 aromatic heterocycles. The summed E-state index contributed by atoms with van der Waals surface area (Å²) in [5.41, 5.74) is 1.26. The number of hydrogen-bond acceptors (Lipinski definition) is 5. The van der Waals surface area contributed by atoms with Crippen molar-refractivity contribution in [2.45, 2.75) is 36.9 Å². The lowest BCUT2D eigenvalue weighted by molar-refractivity contribution is 0.429. The Kier molecular flexibility index (Phi) is 4.78. The smallest absolute Gasteiger partial charge is 0.281 e. The van der Waals surface area contributed by atoms with Gasteiger partial charge in [0.25, 0.3) is 5.22 Å². The minimum absolute atomic E-state index is 0.593. The molecule has 5 heteroatoms. The summed E-state index contributed by atoms with van der Waals surface area (Å²) in [6.07, 6.45) is 1.14. The molecule has 0 radical (unpaired) electrons. The third-order valence-corrected chi connectivity index (χ3v) is 3.38. The zero-order valence-electron chi connectivity index (χ0n) is 10.6. The second kappa shape index (κ2) is 6.56. The Hall–Kier alpha value is -1.33. The van der Waals surface area contributed by atoms with Crippen LogP contribution in [0.2, 0.25) is 0 Å². The highest BCUT2D eigenvalue weighted by atomic mass is 32.2. The molecule has 0 bridgehead atoms. The van der Waals surface area contributed by atoms with Crippen molar-refractivity contribution < 1.29 is 4.42 Å². The molecular formula is C13H17N3OS. The first kappa shape index (κ1) is 13.1. The zero-order chi connectivity index (χ0) is 12.8. The van der Waals surface area contributed by atoms with Crippen LogP contribution < -0.4 is 5.32 Å². The van der Waals surface area contributed by atoms with Gasteiger partial charge in [-0.25, -0.2) is 0 Å². The van der Waals surface area contributed by atoms with Gasteiger partial charge in [-0.2, -0.15) is 0 Å². The number of nitrogens with one attached hydrogen (secondary N) is 1. The van der Waals surface area contributed by atoms with Crippen LogP contribution in [0.4, 0.5) is 0 Å². The van der Waals surface area contributed by atoms with Gasteiger partial charge in [0.15, 0.2) is 0 Å². The van der Waals surface area contributed by atoms with E-state index in [-0.39, 0.29) is 0 Å². The molecule has 0 atom stereocenters. The Balaban J connectivity index is 2.07. The summed E-state index contributed by atoms with van der Waals surface area (Å²) < 4.78 is 5.39. The zero-order valence-corrected chi connectivity index (χ0v) is 11.5. The fourth-order valence-corrected chi connectivity index (χ4v) is 2.41. The lowest BCUT2D eigenvalue weighted by Gasteiger charge is -2.07. The van der Waals surface area contributed by atoms with E-state index in [0.717, 1.165) is 24.4 Å². The van der Waals surface area contributed by atoms with Gasteiger partial charge >= 0.3 is 0 Å². The minimum Gasteiger partial charge on any atom is -0.416 e. The maximum absolute atomic E-state index is 5.39. The van der Waals surface area contributed by atoms with Crippen molar-refractivity contribution in [2.75, 3.05) is 6.54 Å². The Morgan fingerprint density at radius 2 is 2.11 bits per heavy atom. The molecule has 96 valence electrons. The van der Waals surface area contributed by atoms with Gasteiger partial charge in [0.1, 0.15) is 0 Å². The Morgan fingerprint density at radius 1 is 1.28 bits per heavy atom. The average molecular weight is 263 g/mol. The van der Waals surface area contributed by atoms with Crippen LogP contribution in [0.1, 0.15) is 24.8 Å². The van der Waals surface area contributed by atoms with Crippen molar-refractivity contribution in [3.63, 3.8) is 0 Å². The first-order valence-electron chi connectivity index (χ1n) is 6.06. The molecule has 18 heavy (non-hydrogen) atoms. The maximum atomic E-state index is 5.39. The lowest BCUT2D eigenvalue weighted by atomic mass is 10.2. The first-order chi connectivity index (χ1) is 8.79. The van der Waals surface area contributed by atoms with E-state index < -0.39 is 0 Å². The highest BCUT2D eigenvalue weighted by Gasteiger charge is 2.08. The lowest BCUT2D eigenvalue weighted by Crippen LogP contribution is -2.14. The number of benzene rings is 1. The largest absolute Gasteiger partial charge is 0.416 e. The van der Waals surface area contributed by atoms with Crippen molar-refractivity contribution in [3.05, 3.63) is 35.7 Å². The summed E-state index contributed by atoms with van der Waals surface area (Å²) in [6.45, 7) is 5.85. The van der Waals surface area contributed by atoms with E-state index in [0.29, 0.717) is 11.1 Å². The number of aryl methyl sites for hydroxylation is 1. The Morgan fingerprint density at radius 3 is 2.83 bits per heavy atom. The van der Waals surface area contributed by atoms with Crippen LogP contribution in [-0.2, 0) is 6.54 Å². The number of aromatic nitrogens is 2. The molecule has 0 fully saturated rings. The summed E-state index contributed by atoms with van der Waals surface area (Å²) in [4.78, 5) is 1.16. The van der Waals surface area contributed by atoms with Crippen LogP contribution in [0.3, 0.4) is 0 Å². The molecule has 0 aliphatic rings. The second-order valence-corrected chi connectivity index (χ2v) is 4.97. The van der Waals surface area contributed by atoms with Crippen LogP contribution in [0.5, 0.6) is 0 Å². The molecule has 1 N–H and O–H groups in total. The third kappa shape index (κ3) is 3.58. The van der Waals surface area contributed by atoms with E-state index in [1.165, 1.54) is 17.3 Å². The van der Waals surface area contributed by atoms with E-state index in [1.54, 1.807) is 6.92 Å². The van der Waals surface area contributed by atoms with Gasteiger partial charge < -0.3 is 9.73 Å². The Labute approximate surface area is 111 Å². The molecule has 0 saturated heterocycles. The predicted molar refractivity (Wildman–Crippen MR) is 71.6 cm³/mol. The SMILES string of the molecule is CCCNCc1ccccc1Sc1nnc(C)o1. The van der Waals surface area contributed by atoms with Gasteiger partial charge in [0.05, 0.1) is 0 Å². The van der Waals surface area contributed by atoms with Crippen LogP contribution in [0, 0.1) is 6.92 Å². The predicted octanol–water partition coefficient (Wildman–Crippen LogP) is 3.03. The van der Waals surface area contributed by atoms with E-state index in [2.05, 4.69) is 34.6 Å². The topological polar surface area (TPSA) is 51.0 Å². The fraction of sp³-hybridized carbons (Fsp3) is 0.385. The van der Waals surface area contributed by atoms with Crippen molar-refractivity contribution in [1.82, 2.24) is 15.5 Å². The highest BCUT2D eigenvalue weighted by Crippen LogP contribution is 2.29. The summed E-state index contributed by atoms with van der Waals surface area (Å²) in [7, 11) is 0. The van der Waals surface area contributed by atoms with E-state index in [9.17, 15) is 0 Å². The molecule has 2 aromatic rings. The van der Waals surface area contributed by atoms with Gasteiger partial charge in [-0.3, -0.25) is 0 Å². The van der Waals surface area contributed by atoms with Gasteiger partial charge in [-0.1, -0.05) is 25.1 Å². The molecule has 0 amide bonds. The maximum Gasteiger partial charge on any atom is 0.281 e. The molecule has 1 aromatic carbocycles. The minimum atomic E-state index is 0.593. The quantitative estimate of drug-likeness (QED) is 0.812. The monoisotopic (exact) mass is 263 g/mol. The van der Waals surface area contributed by atoms with Crippen molar-refractivity contribution in [3.8, 4) is 0 Å². The van der Waals surface area contributed by atoms with Crippen LogP contribution in [-0.4, -0.2) is 16.7 Å². The van der Waals surface area contributed by atoms with Gasteiger partial charge in [-0.05, 0) is 36.4 Å². The molecule has 0 spiro atoms. The molecular weight excluding hydrogens is 246 g/mol. The standard InChI is InChI=1S/C13H17N3OS/c1-3-8-14-9-11-6-4-5-7-12(11)18-13-16-15-10(2)17-13/h4-7,14H,3,8-9H2,1-2H3. The Bertz CT molecular complexity index is 498. The molecule has 0 aliphatic heterocycles. The molecule has 0 aliphatic carbocycles. The molecule has 4 nitrogen and oxygen atoms in total. The third-order valence-electron chi connectivity index (χ3n) is 2.42.